The topological polar surface area (TPSA) is 63.9 Å². The lowest BCUT2D eigenvalue weighted by atomic mass is 10.1. The van der Waals surface area contributed by atoms with Gasteiger partial charge in [0.1, 0.15) is 17.4 Å². The number of hydrogen-bond acceptors (Lipinski definition) is 3. The number of nitrogens with two attached hydrogens (primary N) is 1. The van der Waals surface area contributed by atoms with Crippen molar-refractivity contribution in [1.82, 2.24) is 10.2 Å². The van der Waals surface area contributed by atoms with E-state index in [1.54, 1.807) is 0 Å². The second-order valence-corrected chi connectivity index (χ2v) is 3.57. The van der Waals surface area contributed by atoms with E-state index in [1.807, 2.05) is 0 Å². The van der Waals surface area contributed by atoms with Gasteiger partial charge in [0.15, 0.2) is 0 Å². The predicted octanol–water partition coefficient (Wildman–Crippen LogP) is 2.46. The highest BCUT2D eigenvalue weighted by molar-refractivity contribution is 6.32. The van der Waals surface area contributed by atoms with Crippen LogP contribution in [0.25, 0.3) is 11.1 Å². The van der Waals surface area contributed by atoms with Gasteiger partial charge < -0.3 is 10.5 Å². The van der Waals surface area contributed by atoms with E-state index in [9.17, 15) is 4.39 Å². The summed E-state index contributed by atoms with van der Waals surface area (Å²) < 4.78 is 18.4. The van der Waals surface area contributed by atoms with Crippen molar-refractivity contribution >= 4 is 17.4 Å². The van der Waals surface area contributed by atoms with Crippen LogP contribution in [0.4, 0.5) is 10.2 Å². The molecule has 0 bridgehead atoms. The van der Waals surface area contributed by atoms with Crippen molar-refractivity contribution in [3.63, 3.8) is 0 Å². The van der Waals surface area contributed by atoms with Crippen molar-refractivity contribution in [3.8, 4) is 16.9 Å². The first kappa shape index (κ1) is 10.8. The van der Waals surface area contributed by atoms with Crippen LogP contribution in [0.2, 0.25) is 5.02 Å². The van der Waals surface area contributed by atoms with Crippen LogP contribution >= 0.6 is 11.6 Å². The molecule has 0 radical (unpaired) electrons. The Labute approximate surface area is 96.2 Å². The van der Waals surface area contributed by atoms with Crippen molar-refractivity contribution in [2.24, 2.45) is 0 Å². The minimum atomic E-state index is -0.457. The molecule has 0 aliphatic rings. The van der Waals surface area contributed by atoms with Crippen molar-refractivity contribution in [3.05, 3.63) is 29.2 Å². The highest BCUT2D eigenvalue weighted by atomic mass is 35.5. The number of anilines is 1. The van der Waals surface area contributed by atoms with E-state index in [1.165, 1.54) is 25.4 Å². The number of benzene rings is 1. The molecule has 0 aliphatic heterocycles. The quantitative estimate of drug-likeness (QED) is 0.849. The summed E-state index contributed by atoms with van der Waals surface area (Å²) in [6, 6.07) is 2.48. The van der Waals surface area contributed by atoms with Crippen LogP contribution in [0.15, 0.2) is 18.3 Å². The molecule has 0 spiro atoms. The summed E-state index contributed by atoms with van der Waals surface area (Å²) in [4.78, 5) is 0. The molecule has 16 heavy (non-hydrogen) atoms. The molecule has 84 valence electrons. The minimum absolute atomic E-state index is 0.193. The van der Waals surface area contributed by atoms with E-state index < -0.39 is 5.82 Å². The summed E-state index contributed by atoms with van der Waals surface area (Å²) in [6.07, 6.45) is 1.49. The van der Waals surface area contributed by atoms with Crippen LogP contribution in [-0.2, 0) is 0 Å². The van der Waals surface area contributed by atoms with E-state index in [0.29, 0.717) is 22.7 Å². The normalized spacial score (nSPS) is 10.4. The minimum Gasteiger partial charge on any atom is -0.495 e. The molecule has 2 aromatic rings. The van der Waals surface area contributed by atoms with Gasteiger partial charge in [0.25, 0.3) is 0 Å². The molecule has 1 aromatic heterocycles. The Morgan fingerprint density at radius 2 is 2.19 bits per heavy atom. The van der Waals surface area contributed by atoms with Crippen LogP contribution in [0, 0.1) is 5.82 Å². The number of hydrogen-bond donors (Lipinski definition) is 2. The summed E-state index contributed by atoms with van der Waals surface area (Å²) in [7, 11) is 1.46. The third-order valence-electron chi connectivity index (χ3n) is 2.17. The van der Waals surface area contributed by atoms with Gasteiger partial charge in [0, 0.05) is 11.1 Å². The zero-order valence-electron chi connectivity index (χ0n) is 8.42. The fourth-order valence-corrected chi connectivity index (χ4v) is 1.76. The first-order valence-electron chi connectivity index (χ1n) is 4.45. The standard InChI is InChI=1S/C10H9ClFN3O/c1-16-9-6(2-5(12)3-8(9)11)7-4-14-15-10(7)13/h2-4H,1H3,(H3,13,14,15). The molecule has 0 aliphatic carbocycles. The monoisotopic (exact) mass is 241 g/mol. The molecule has 0 atom stereocenters. The van der Waals surface area contributed by atoms with Gasteiger partial charge in [0.05, 0.1) is 18.3 Å². The lowest BCUT2D eigenvalue weighted by Gasteiger charge is -2.09. The molecule has 0 unspecified atom stereocenters. The summed E-state index contributed by atoms with van der Waals surface area (Å²) in [5, 5.41) is 6.52. The average Bonchev–Trinajstić information content (AvgIpc) is 2.63. The van der Waals surface area contributed by atoms with Crippen molar-refractivity contribution in [1.29, 1.82) is 0 Å². The number of rotatable bonds is 2. The zero-order chi connectivity index (χ0) is 11.7. The number of methoxy groups -OCH3 is 1. The fraction of sp³-hybridized carbons (Fsp3) is 0.100. The van der Waals surface area contributed by atoms with Gasteiger partial charge in [-0.25, -0.2) is 4.39 Å². The van der Waals surface area contributed by atoms with Crippen molar-refractivity contribution in [2.75, 3.05) is 12.8 Å². The van der Waals surface area contributed by atoms with E-state index in [2.05, 4.69) is 10.2 Å². The zero-order valence-corrected chi connectivity index (χ0v) is 9.18. The molecular weight excluding hydrogens is 233 g/mol. The fourth-order valence-electron chi connectivity index (χ4n) is 1.48. The van der Waals surface area contributed by atoms with Crippen LogP contribution in [0.1, 0.15) is 0 Å². The third kappa shape index (κ3) is 1.69. The third-order valence-corrected chi connectivity index (χ3v) is 2.45. The molecule has 0 saturated carbocycles. The summed E-state index contributed by atoms with van der Waals surface area (Å²) >= 11 is 5.87. The van der Waals surface area contributed by atoms with E-state index in [0.717, 1.165) is 0 Å². The Bertz CT molecular complexity index is 527. The lowest BCUT2D eigenvalue weighted by Crippen LogP contribution is -1.93. The maximum atomic E-state index is 13.3. The number of ether oxygens (including phenoxy) is 1. The summed E-state index contributed by atoms with van der Waals surface area (Å²) in [5.41, 5.74) is 6.68. The smallest absolute Gasteiger partial charge is 0.145 e. The van der Waals surface area contributed by atoms with E-state index in [4.69, 9.17) is 22.1 Å². The largest absolute Gasteiger partial charge is 0.495 e. The Balaban J connectivity index is 2.68. The lowest BCUT2D eigenvalue weighted by molar-refractivity contribution is 0.415. The highest BCUT2D eigenvalue weighted by Gasteiger charge is 2.15. The summed E-state index contributed by atoms with van der Waals surface area (Å²) in [6.45, 7) is 0. The number of aromatic nitrogens is 2. The number of nitrogens with zero attached hydrogens (tertiary/aromatic N) is 1. The molecule has 0 fully saturated rings. The molecule has 2 rings (SSSR count). The first-order chi connectivity index (χ1) is 7.63. The van der Waals surface area contributed by atoms with E-state index >= 15 is 0 Å². The molecule has 0 saturated heterocycles. The van der Waals surface area contributed by atoms with Crippen molar-refractivity contribution in [2.45, 2.75) is 0 Å². The Morgan fingerprint density at radius 3 is 2.75 bits per heavy atom. The molecule has 6 heteroatoms. The Hall–Kier alpha value is -1.75. The second-order valence-electron chi connectivity index (χ2n) is 3.17. The molecule has 1 aromatic carbocycles. The van der Waals surface area contributed by atoms with Gasteiger partial charge in [-0.05, 0) is 12.1 Å². The van der Waals surface area contributed by atoms with Gasteiger partial charge >= 0.3 is 0 Å². The van der Waals surface area contributed by atoms with Gasteiger partial charge in [-0.15, -0.1) is 0 Å². The maximum Gasteiger partial charge on any atom is 0.145 e. The highest BCUT2D eigenvalue weighted by Crippen LogP contribution is 2.38. The average molecular weight is 242 g/mol. The maximum absolute atomic E-state index is 13.3. The second kappa shape index (κ2) is 4.02. The van der Waals surface area contributed by atoms with Crippen LogP contribution in [-0.4, -0.2) is 17.3 Å². The number of halogens is 2. The first-order valence-corrected chi connectivity index (χ1v) is 4.83. The molecule has 4 nitrogen and oxygen atoms in total. The SMILES string of the molecule is COc1c(Cl)cc(F)cc1-c1cn[nH]c1N. The van der Waals surface area contributed by atoms with Gasteiger partial charge in [-0.2, -0.15) is 5.10 Å². The van der Waals surface area contributed by atoms with Crippen LogP contribution < -0.4 is 10.5 Å². The molecule has 3 N–H and O–H groups in total. The Kier molecular flexibility index (Phi) is 2.70. The van der Waals surface area contributed by atoms with Crippen LogP contribution in [0.5, 0.6) is 5.75 Å². The summed E-state index contributed by atoms with van der Waals surface area (Å²) in [5.74, 6) is 0.248. The number of aromatic amines is 1. The van der Waals surface area contributed by atoms with Gasteiger partial charge in [0.2, 0.25) is 0 Å². The number of H-pyrrole nitrogens is 1. The molecule has 0 amide bonds. The Morgan fingerprint density at radius 1 is 1.44 bits per heavy atom. The predicted molar refractivity (Wildman–Crippen MR) is 60.0 cm³/mol. The molecule has 1 heterocycles. The van der Waals surface area contributed by atoms with Crippen LogP contribution in [0.3, 0.4) is 0 Å². The van der Waals surface area contributed by atoms with Crippen molar-refractivity contribution < 1.29 is 9.13 Å². The van der Waals surface area contributed by atoms with Gasteiger partial charge in [-0.3, -0.25) is 5.10 Å². The molecular formula is C10H9ClFN3O. The van der Waals surface area contributed by atoms with Gasteiger partial charge in [-0.1, -0.05) is 11.6 Å². The number of nitrogen functional groups attached to an aromatic ring is 1. The number of nitrogens with one attached hydrogen (secondary N) is 1. The van der Waals surface area contributed by atoms with E-state index in [-0.39, 0.29) is 5.02 Å².